The molecule has 8 heteroatoms. The molecule has 0 aliphatic carbocycles. The molecule has 1 amide bonds. The fourth-order valence-electron chi connectivity index (χ4n) is 4.62. The normalized spacial score (nSPS) is 16.6. The van der Waals surface area contributed by atoms with Crippen LogP contribution in [0, 0.1) is 11.3 Å². The van der Waals surface area contributed by atoms with Crippen LogP contribution < -0.4 is 5.32 Å². The van der Waals surface area contributed by atoms with E-state index in [1.54, 1.807) is 11.3 Å². The van der Waals surface area contributed by atoms with Crippen LogP contribution in [0.15, 0.2) is 54.6 Å². The minimum absolute atomic E-state index is 0. The number of carbonyl (C=O) groups excluding carboxylic acids is 1. The SMILES string of the molecule is CCCN1CCCC(C(=O)NC(=N)c2c(-c3ccccc3)nc3sc4ccccc4n23)C1.Cl. The molecule has 0 radical (unpaired) electrons. The molecule has 2 aromatic carbocycles. The number of aromatic nitrogens is 2. The van der Waals surface area contributed by atoms with E-state index in [1.807, 2.05) is 52.9 Å². The largest absolute Gasteiger partial charge is 0.309 e. The van der Waals surface area contributed by atoms with Gasteiger partial charge in [-0.05, 0) is 44.5 Å². The first-order valence-corrected chi connectivity index (χ1v) is 12.0. The summed E-state index contributed by atoms with van der Waals surface area (Å²) in [5, 5.41) is 11.8. The van der Waals surface area contributed by atoms with Gasteiger partial charge in [0, 0.05) is 12.1 Å². The number of halogens is 1. The average molecular weight is 482 g/mol. The van der Waals surface area contributed by atoms with Crippen molar-refractivity contribution in [1.29, 1.82) is 5.41 Å². The van der Waals surface area contributed by atoms with E-state index in [2.05, 4.69) is 23.2 Å². The standard InChI is InChI=1S/C25H27N5OS.ClH/c1-2-14-29-15-8-11-18(16-29)24(31)28-23(26)22-21(17-9-4-3-5-10-17)27-25-30(22)19-12-6-7-13-20(19)32-25;/h3-7,9-10,12-13,18H,2,8,11,14-16H2,1H3,(H2,26,28,31);1H. The van der Waals surface area contributed by atoms with Crippen LogP contribution in [0.25, 0.3) is 26.4 Å². The van der Waals surface area contributed by atoms with Gasteiger partial charge in [0.15, 0.2) is 10.8 Å². The van der Waals surface area contributed by atoms with Crippen LogP contribution in [0.2, 0.25) is 0 Å². The lowest BCUT2D eigenvalue weighted by Crippen LogP contribution is -2.45. The molecule has 2 N–H and O–H groups in total. The molecule has 1 aliphatic rings. The van der Waals surface area contributed by atoms with E-state index in [0.29, 0.717) is 5.69 Å². The van der Waals surface area contributed by atoms with Gasteiger partial charge in [0.1, 0.15) is 11.4 Å². The zero-order valence-electron chi connectivity index (χ0n) is 18.6. The van der Waals surface area contributed by atoms with Crippen molar-refractivity contribution in [3.63, 3.8) is 0 Å². The summed E-state index contributed by atoms with van der Waals surface area (Å²) in [4.78, 5) is 21.2. The average Bonchev–Trinajstić information content (AvgIpc) is 3.36. The van der Waals surface area contributed by atoms with Crippen LogP contribution in [0.5, 0.6) is 0 Å². The van der Waals surface area contributed by atoms with E-state index < -0.39 is 0 Å². The Kier molecular flexibility index (Phi) is 7.12. The van der Waals surface area contributed by atoms with E-state index in [9.17, 15) is 4.79 Å². The van der Waals surface area contributed by atoms with Crippen molar-refractivity contribution in [2.45, 2.75) is 26.2 Å². The number of amides is 1. The number of para-hydroxylation sites is 1. The summed E-state index contributed by atoms with van der Waals surface area (Å²) in [5.74, 6) is -0.0414. The molecular formula is C25H28ClN5OS. The Bertz CT molecular complexity index is 1280. The highest BCUT2D eigenvalue weighted by atomic mass is 35.5. The third-order valence-corrected chi connectivity index (χ3v) is 7.12. The van der Waals surface area contributed by atoms with E-state index in [4.69, 9.17) is 10.4 Å². The maximum Gasteiger partial charge on any atom is 0.229 e. The summed E-state index contributed by atoms with van der Waals surface area (Å²) < 4.78 is 3.12. The van der Waals surface area contributed by atoms with E-state index >= 15 is 0 Å². The minimum atomic E-state index is -0.0848. The van der Waals surface area contributed by atoms with Crippen molar-refractivity contribution in [2.24, 2.45) is 5.92 Å². The highest BCUT2D eigenvalue weighted by Crippen LogP contribution is 2.33. The Labute approximate surface area is 203 Å². The topological polar surface area (TPSA) is 73.5 Å². The quantitative estimate of drug-likeness (QED) is 0.304. The highest BCUT2D eigenvalue weighted by Gasteiger charge is 2.28. The maximum atomic E-state index is 13.1. The van der Waals surface area contributed by atoms with Gasteiger partial charge in [-0.1, -0.05) is 60.7 Å². The van der Waals surface area contributed by atoms with Crippen LogP contribution in [0.1, 0.15) is 31.9 Å². The van der Waals surface area contributed by atoms with Gasteiger partial charge in [0.05, 0.1) is 16.1 Å². The Morgan fingerprint density at radius 1 is 1.18 bits per heavy atom. The smallest absolute Gasteiger partial charge is 0.229 e. The lowest BCUT2D eigenvalue weighted by atomic mass is 9.97. The number of carbonyl (C=O) groups is 1. The predicted octanol–water partition coefficient (Wildman–Crippen LogP) is 5.20. The zero-order valence-corrected chi connectivity index (χ0v) is 20.2. The number of piperidine rings is 1. The van der Waals surface area contributed by atoms with Gasteiger partial charge in [-0.2, -0.15) is 0 Å². The van der Waals surface area contributed by atoms with Crippen molar-refractivity contribution >= 4 is 50.7 Å². The number of nitrogens with one attached hydrogen (secondary N) is 2. The van der Waals surface area contributed by atoms with Crippen molar-refractivity contribution in [3.05, 3.63) is 60.3 Å². The molecule has 1 unspecified atom stereocenters. The number of thiazole rings is 1. The molecule has 0 bridgehead atoms. The van der Waals surface area contributed by atoms with Crippen molar-refractivity contribution in [3.8, 4) is 11.3 Å². The number of hydrogen-bond acceptors (Lipinski definition) is 5. The number of imidazole rings is 1. The first kappa shape index (κ1) is 23.4. The van der Waals surface area contributed by atoms with Crippen LogP contribution in [0.4, 0.5) is 0 Å². The maximum absolute atomic E-state index is 13.1. The van der Waals surface area contributed by atoms with Gasteiger partial charge in [0.25, 0.3) is 0 Å². The lowest BCUT2D eigenvalue weighted by Gasteiger charge is -2.31. The number of rotatable bonds is 5. The molecule has 1 aliphatic heterocycles. The molecule has 33 heavy (non-hydrogen) atoms. The van der Waals surface area contributed by atoms with Gasteiger partial charge in [-0.15, -0.1) is 12.4 Å². The summed E-state index contributed by atoms with van der Waals surface area (Å²) in [6.45, 7) is 5.00. The molecule has 172 valence electrons. The number of benzene rings is 2. The van der Waals surface area contributed by atoms with E-state index in [-0.39, 0.29) is 30.1 Å². The second-order valence-electron chi connectivity index (χ2n) is 8.37. The van der Waals surface area contributed by atoms with Crippen molar-refractivity contribution in [1.82, 2.24) is 19.6 Å². The van der Waals surface area contributed by atoms with E-state index in [1.165, 1.54) is 0 Å². The fourth-order valence-corrected chi connectivity index (χ4v) is 5.64. The Morgan fingerprint density at radius 2 is 1.94 bits per heavy atom. The summed E-state index contributed by atoms with van der Waals surface area (Å²) in [5.41, 5.74) is 3.30. The molecule has 0 spiro atoms. The predicted molar refractivity (Wildman–Crippen MR) is 138 cm³/mol. The molecule has 1 fully saturated rings. The third-order valence-electron chi connectivity index (χ3n) is 6.10. The number of likely N-dealkylation sites (tertiary alicyclic amines) is 1. The second kappa shape index (κ2) is 10.0. The molecule has 1 saturated heterocycles. The monoisotopic (exact) mass is 481 g/mol. The number of amidine groups is 1. The molecule has 0 saturated carbocycles. The Morgan fingerprint density at radius 3 is 2.73 bits per heavy atom. The second-order valence-corrected chi connectivity index (χ2v) is 9.38. The number of hydrogen-bond donors (Lipinski definition) is 2. The van der Waals surface area contributed by atoms with Gasteiger partial charge in [0.2, 0.25) is 5.91 Å². The first-order chi connectivity index (χ1) is 15.7. The molecule has 4 aromatic rings. The molecule has 2 aromatic heterocycles. The van der Waals surface area contributed by atoms with Gasteiger partial charge in [-0.3, -0.25) is 14.6 Å². The lowest BCUT2D eigenvalue weighted by molar-refractivity contribution is -0.125. The van der Waals surface area contributed by atoms with Crippen molar-refractivity contribution in [2.75, 3.05) is 19.6 Å². The van der Waals surface area contributed by atoms with Gasteiger partial charge < -0.3 is 10.2 Å². The van der Waals surface area contributed by atoms with Crippen LogP contribution in [-0.2, 0) is 4.79 Å². The van der Waals surface area contributed by atoms with E-state index in [0.717, 1.165) is 65.3 Å². The summed E-state index contributed by atoms with van der Waals surface area (Å²) >= 11 is 1.60. The first-order valence-electron chi connectivity index (χ1n) is 11.2. The van der Waals surface area contributed by atoms with Gasteiger partial charge in [-0.25, -0.2) is 4.98 Å². The summed E-state index contributed by atoms with van der Waals surface area (Å²) in [6, 6.07) is 18.0. The third kappa shape index (κ3) is 4.53. The fraction of sp³-hybridized carbons (Fsp3) is 0.320. The number of fused-ring (bicyclic) bond motifs is 3. The highest BCUT2D eigenvalue weighted by molar-refractivity contribution is 7.23. The summed E-state index contributed by atoms with van der Waals surface area (Å²) in [6.07, 6.45) is 2.98. The van der Waals surface area contributed by atoms with Crippen LogP contribution in [-0.4, -0.2) is 45.7 Å². The molecule has 1 atom stereocenters. The van der Waals surface area contributed by atoms with Gasteiger partial charge >= 0.3 is 0 Å². The summed E-state index contributed by atoms with van der Waals surface area (Å²) in [7, 11) is 0. The zero-order chi connectivity index (χ0) is 22.1. The molecule has 5 rings (SSSR count). The Hall–Kier alpha value is -2.74. The van der Waals surface area contributed by atoms with Crippen LogP contribution in [0.3, 0.4) is 0 Å². The van der Waals surface area contributed by atoms with Crippen LogP contribution >= 0.6 is 23.7 Å². The molecule has 3 heterocycles. The molecular weight excluding hydrogens is 454 g/mol. The van der Waals surface area contributed by atoms with Crippen molar-refractivity contribution < 1.29 is 4.79 Å². The number of nitrogens with zero attached hydrogens (tertiary/aromatic N) is 3. The minimum Gasteiger partial charge on any atom is -0.309 e. The Balaban J connectivity index is 0.00000259. The molecule has 6 nitrogen and oxygen atoms in total.